The number of aromatic amines is 1. The molecule has 0 fully saturated rings. The molecule has 0 unspecified atom stereocenters. The number of aromatic nitrogens is 2. The highest BCUT2D eigenvalue weighted by Crippen LogP contribution is 2.32. The number of hydrogen-bond acceptors (Lipinski definition) is 2. The van der Waals surface area contributed by atoms with Crippen molar-refractivity contribution in [3.8, 4) is 11.4 Å². The van der Waals surface area contributed by atoms with Crippen LogP contribution in [0.15, 0.2) is 66.9 Å². The number of nitrogens with one attached hydrogen (secondary N) is 2. The first-order valence-corrected chi connectivity index (χ1v) is 10.1. The van der Waals surface area contributed by atoms with Crippen LogP contribution in [0.1, 0.15) is 18.4 Å². The molecule has 2 aromatic heterocycles. The van der Waals surface area contributed by atoms with Gasteiger partial charge in [-0.05, 0) is 73.0 Å². The number of aryl methyl sites for hydroxylation is 1. The lowest BCUT2D eigenvalue weighted by Crippen LogP contribution is -2.11. The van der Waals surface area contributed by atoms with Gasteiger partial charge >= 0.3 is 0 Å². The van der Waals surface area contributed by atoms with Gasteiger partial charge in [-0.2, -0.15) is 0 Å². The zero-order chi connectivity index (χ0) is 20.2. The van der Waals surface area contributed by atoms with Gasteiger partial charge < -0.3 is 10.3 Å². The summed E-state index contributed by atoms with van der Waals surface area (Å²) in [5.74, 6) is -0.0235. The fraction of sp³-hybridized carbons (Fsp3) is 0.130. The Morgan fingerprint density at radius 1 is 1.00 bits per heavy atom. The molecule has 0 aliphatic rings. The number of anilines is 1. The first kappa shape index (κ1) is 19.5. The van der Waals surface area contributed by atoms with Gasteiger partial charge in [0.05, 0.1) is 11.4 Å². The highest BCUT2D eigenvalue weighted by atomic mass is 35.5. The van der Waals surface area contributed by atoms with E-state index in [4.69, 9.17) is 23.2 Å². The van der Waals surface area contributed by atoms with Crippen molar-refractivity contribution in [1.29, 1.82) is 0 Å². The predicted molar refractivity (Wildman–Crippen MR) is 120 cm³/mol. The maximum absolute atomic E-state index is 12.3. The molecule has 4 rings (SSSR count). The minimum atomic E-state index is -0.0235. The number of nitrogens with zero attached hydrogens (tertiary/aromatic N) is 1. The summed E-state index contributed by atoms with van der Waals surface area (Å²) < 4.78 is 0. The number of hydrogen-bond donors (Lipinski definition) is 2. The van der Waals surface area contributed by atoms with Gasteiger partial charge in [0.15, 0.2) is 0 Å². The van der Waals surface area contributed by atoms with E-state index in [9.17, 15) is 4.79 Å². The summed E-state index contributed by atoms with van der Waals surface area (Å²) >= 11 is 12.1. The SMILES string of the molecule is O=C(CCCc1c(-c2ccccn2)[nH]c2ccc(Cl)cc12)Nc1ccc(Cl)cc1. The van der Waals surface area contributed by atoms with Gasteiger partial charge in [0.1, 0.15) is 0 Å². The van der Waals surface area contributed by atoms with Crippen LogP contribution in [0.2, 0.25) is 10.0 Å². The first-order chi connectivity index (χ1) is 14.1. The minimum Gasteiger partial charge on any atom is -0.353 e. The number of carbonyl (C=O) groups excluding carboxylic acids is 1. The van der Waals surface area contributed by atoms with Crippen LogP contribution in [0.5, 0.6) is 0 Å². The molecule has 29 heavy (non-hydrogen) atoms. The van der Waals surface area contributed by atoms with Crippen molar-refractivity contribution in [1.82, 2.24) is 9.97 Å². The molecule has 0 saturated heterocycles. The number of amides is 1. The summed E-state index contributed by atoms with van der Waals surface area (Å²) in [6.07, 6.45) is 3.63. The number of pyridine rings is 1. The van der Waals surface area contributed by atoms with Crippen molar-refractivity contribution in [3.63, 3.8) is 0 Å². The number of fused-ring (bicyclic) bond motifs is 1. The Morgan fingerprint density at radius 3 is 2.55 bits per heavy atom. The fourth-order valence-corrected chi connectivity index (χ4v) is 3.69. The summed E-state index contributed by atoms with van der Waals surface area (Å²) in [5.41, 5.74) is 4.73. The molecular formula is C23H19Cl2N3O. The van der Waals surface area contributed by atoms with Crippen molar-refractivity contribution in [2.45, 2.75) is 19.3 Å². The van der Waals surface area contributed by atoms with Crippen LogP contribution in [-0.2, 0) is 11.2 Å². The van der Waals surface area contributed by atoms with E-state index in [1.807, 2.05) is 36.4 Å². The molecular weight excluding hydrogens is 405 g/mol. The van der Waals surface area contributed by atoms with Crippen LogP contribution >= 0.6 is 23.2 Å². The third-order valence-corrected chi connectivity index (χ3v) is 5.23. The molecule has 0 bridgehead atoms. The van der Waals surface area contributed by atoms with Gasteiger partial charge in [0.25, 0.3) is 0 Å². The van der Waals surface area contributed by atoms with Crippen molar-refractivity contribution < 1.29 is 4.79 Å². The quantitative estimate of drug-likeness (QED) is 0.371. The van der Waals surface area contributed by atoms with E-state index in [0.29, 0.717) is 22.9 Å². The lowest BCUT2D eigenvalue weighted by Gasteiger charge is -2.07. The molecule has 0 aliphatic heterocycles. The topological polar surface area (TPSA) is 57.8 Å². The van der Waals surface area contributed by atoms with Crippen molar-refractivity contribution in [2.75, 3.05) is 5.32 Å². The second kappa shape index (κ2) is 8.68. The molecule has 146 valence electrons. The molecule has 0 radical (unpaired) electrons. The molecule has 0 spiro atoms. The molecule has 4 nitrogen and oxygen atoms in total. The predicted octanol–water partition coefficient (Wildman–Crippen LogP) is 6.50. The van der Waals surface area contributed by atoms with Crippen LogP contribution in [0.4, 0.5) is 5.69 Å². The largest absolute Gasteiger partial charge is 0.353 e. The summed E-state index contributed by atoms with van der Waals surface area (Å²) in [7, 11) is 0. The van der Waals surface area contributed by atoms with E-state index in [2.05, 4.69) is 15.3 Å². The van der Waals surface area contributed by atoms with E-state index in [0.717, 1.165) is 40.0 Å². The maximum Gasteiger partial charge on any atom is 0.224 e. The second-order valence-electron chi connectivity index (χ2n) is 6.79. The van der Waals surface area contributed by atoms with Crippen LogP contribution in [0, 0.1) is 0 Å². The van der Waals surface area contributed by atoms with Crippen molar-refractivity contribution in [3.05, 3.63) is 82.5 Å². The van der Waals surface area contributed by atoms with Gasteiger partial charge in [-0.1, -0.05) is 29.3 Å². The van der Waals surface area contributed by atoms with Gasteiger partial charge in [-0.25, -0.2) is 0 Å². The van der Waals surface area contributed by atoms with Crippen LogP contribution in [0.25, 0.3) is 22.3 Å². The highest BCUT2D eigenvalue weighted by Gasteiger charge is 2.15. The molecule has 0 saturated carbocycles. The number of carbonyl (C=O) groups is 1. The maximum atomic E-state index is 12.3. The van der Waals surface area contributed by atoms with E-state index in [1.54, 1.807) is 30.5 Å². The van der Waals surface area contributed by atoms with E-state index < -0.39 is 0 Å². The Kier molecular flexibility index (Phi) is 5.84. The molecule has 2 heterocycles. The molecule has 0 aliphatic carbocycles. The zero-order valence-corrected chi connectivity index (χ0v) is 17.1. The van der Waals surface area contributed by atoms with Crippen molar-refractivity contribution in [2.24, 2.45) is 0 Å². The average molecular weight is 424 g/mol. The Bertz CT molecular complexity index is 1140. The molecule has 4 aromatic rings. The zero-order valence-electron chi connectivity index (χ0n) is 15.6. The van der Waals surface area contributed by atoms with Crippen LogP contribution in [0.3, 0.4) is 0 Å². The van der Waals surface area contributed by atoms with E-state index in [1.165, 1.54) is 0 Å². The third-order valence-electron chi connectivity index (χ3n) is 4.75. The molecule has 0 atom stereocenters. The molecule has 2 N–H and O–H groups in total. The Hall–Kier alpha value is -2.82. The monoisotopic (exact) mass is 423 g/mol. The first-order valence-electron chi connectivity index (χ1n) is 9.37. The molecule has 2 aromatic carbocycles. The summed E-state index contributed by atoms with van der Waals surface area (Å²) in [6, 6.07) is 18.7. The normalized spacial score (nSPS) is 11.0. The summed E-state index contributed by atoms with van der Waals surface area (Å²) in [5, 5.41) is 5.30. The number of benzene rings is 2. The standard InChI is InChI=1S/C23H19Cl2N3O/c24-15-7-10-17(11-8-15)27-22(29)6-3-4-18-19-14-16(25)9-12-20(19)28-23(18)21-5-1-2-13-26-21/h1-2,5,7-14,28H,3-4,6H2,(H,27,29). The van der Waals surface area contributed by atoms with E-state index in [-0.39, 0.29) is 5.91 Å². The van der Waals surface area contributed by atoms with Crippen LogP contribution < -0.4 is 5.32 Å². The summed E-state index contributed by atoms with van der Waals surface area (Å²) in [4.78, 5) is 20.2. The Balaban J connectivity index is 1.51. The Labute approximate surface area is 178 Å². The molecule has 1 amide bonds. The lowest BCUT2D eigenvalue weighted by molar-refractivity contribution is -0.116. The third kappa shape index (κ3) is 4.61. The number of H-pyrrole nitrogens is 1. The van der Waals surface area contributed by atoms with Gasteiger partial charge in [0.2, 0.25) is 5.91 Å². The fourth-order valence-electron chi connectivity index (χ4n) is 3.39. The molecule has 6 heteroatoms. The number of halogens is 2. The van der Waals surface area contributed by atoms with E-state index >= 15 is 0 Å². The smallest absolute Gasteiger partial charge is 0.224 e. The Morgan fingerprint density at radius 2 is 1.79 bits per heavy atom. The summed E-state index contributed by atoms with van der Waals surface area (Å²) in [6.45, 7) is 0. The lowest BCUT2D eigenvalue weighted by atomic mass is 10.0. The van der Waals surface area contributed by atoms with Crippen LogP contribution in [-0.4, -0.2) is 15.9 Å². The minimum absolute atomic E-state index is 0.0235. The van der Waals surface area contributed by atoms with Gasteiger partial charge in [-0.3, -0.25) is 9.78 Å². The highest BCUT2D eigenvalue weighted by molar-refractivity contribution is 6.31. The average Bonchev–Trinajstić information content (AvgIpc) is 3.08. The van der Waals surface area contributed by atoms with Gasteiger partial charge in [0, 0.05) is 39.3 Å². The van der Waals surface area contributed by atoms with Crippen molar-refractivity contribution >= 4 is 45.7 Å². The van der Waals surface area contributed by atoms with Gasteiger partial charge in [-0.15, -0.1) is 0 Å². The number of rotatable bonds is 6. The second-order valence-corrected chi connectivity index (χ2v) is 7.66.